The number of hydrogen-bond donors (Lipinski definition) is 4. The molecule has 0 bridgehead atoms. The third-order valence-corrected chi connectivity index (χ3v) is 4.89. The summed E-state index contributed by atoms with van der Waals surface area (Å²) in [7, 11) is 0. The number of benzene rings is 2. The number of nitrogens with zero attached hydrogens (tertiary/aromatic N) is 2. The molecule has 7 heteroatoms. The molecule has 0 unspecified atom stereocenters. The number of pyridine rings is 1. The van der Waals surface area contributed by atoms with Gasteiger partial charge in [-0.15, -0.1) is 0 Å². The Kier molecular flexibility index (Phi) is 5.17. The first-order valence-corrected chi connectivity index (χ1v) is 9.45. The van der Waals surface area contributed by atoms with Crippen molar-refractivity contribution in [2.75, 3.05) is 0 Å². The molecule has 0 fully saturated rings. The smallest absolute Gasteiger partial charge is 0.268 e. The van der Waals surface area contributed by atoms with Crippen molar-refractivity contribution in [2.45, 2.75) is 13.1 Å². The van der Waals surface area contributed by atoms with Crippen molar-refractivity contribution in [1.29, 1.82) is 5.41 Å². The average molecular weight is 399 g/mol. The normalized spacial score (nSPS) is 10.8. The maximum absolute atomic E-state index is 13.0. The van der Waals surface area contributed by atoms with Crippen LogP contribution < -0.4 is 11.1 Å². The van der Waals surface area contributed by atoms with Gasteiger partial charge in [-0.2, -0.15) is 0 Å². The third kappa shape index (κ3) is 3.86. The number of hydrogen-bond acceptors (Lipinski definition) is 4. The van der Waals surface area contributed by atoms with E-state index in [1.54, 1.807) is 30.5 Å². The van der Waals surface area contributed by atoms with Gasteiger partial charge in [0, 0.05) is 23.7 Å². The van der Waals surface area contributed by atoms with Gasteiger partial charge in [0.05, 0.1) is 17.8 Å². The van der Waals surface area contributed by atoms with Gasteiger partial charge in [-0.25, -0.2) is 0 Å². The Morgan fingerprint density at radius 3 is 2.70 bits per heavy atom. The SMILES string of the molecule is N=C(N)c1cccc(Cn2c(C(=O)NCc3ccccn3)cc3c(O)cccc32)c1. The van der Waals surface area contributed by atoms with Crippen LogP contribution in [0.2, 0.25) is 0 Å². The predicted molar refractivity (Wildman–Crippen MR) is 116 cm³/mol. The summed E-state index contributed by atoms with van der Waals surface area (Å²) in [6.07, 6.45) is 1.68. The van der Waals surface area contributed by atoms with Gasteiger partial charge >= 0.3 is 0 Å². The quantitative estimate of drug-likeness (QED) is 0.294. The van der Waals surface area contributed by atoms with Crippen molar-refractivity contribution < 1.29 is 9.90 Å². The lowest BCUT2D eigenvalue weighted by molar-refractivity contribution is 0.0942. The highest BCUT2D eigenvalue weighted by molar-refractivity contribution is 6.00. The van der Waals surface area contributed by atoms with Gasteiger partial charge in [0.25, 0.3) is 5.91 Å². The number of phenolic OH excluding ortho intramolecular Hbond substituents is 1. The zero-order valence-electron chi connectivity index (χ0n) is 16.2. The number of phenols is 1. The number of aromatic hydroxyl groups is 1. The molecule has 0 radical (unpaired) electrons. The standard InChI is InChI=1S/C23H21N5O2/c24-22(25)16-6-3-5-15(11-16)14-28-19-8-4-9-21(29)18(19)12-20(28)23(30)27-13-17-7-1-2-10-26-17/h1-12,29H,13-14H2,(H3,24,25)(H,27,30). The predicted octanol–water partition coefficient (Wildman–Crippen LogP) is 3.00. The fourth-order valence-electron chi connectivity index (χ4n) is 3.41. The van der Waals surface area contributed by atoms with Crippen LogP contribution in [0.25, 0.3) is 10.9 Å². The molecule has 1 amide bonds. The lowest BCUT2D eigenvalue weighted by Gasteiger charge is -2.12. The number of carbonyl (C=O) groups is 1. The van der Waals surface area contributed by atoms with Crippen molar-refractivity contribution >= 4 is 22.6 Å². The van der Waals surface area contributed by atoms with Gasteiger partial charge in [-0.05, 0) is 42.0 Å². The van der Waals surface area contributed by atoms with Crippen LogP contribution in [0.5, 0.6) is 5.75 Å². The van der Waals surface area contributed by atoms with Crippen molar-refractivity contribution in [1.82, 2.24) is 14.9 Å². The first-order chi connectivity index (χ1) is 14.5. The molecule has 2 aromatic heterocycles. The van der Waals surface area contributed by atoms with E-state index in [4.69, 9.17) is 11.1 Å². The van der Waals surface area contributed by atoms with Crippen LogP contribution >= 0.6 is 0 Å². The van der Waals surface area contributed by atoms with Gasteiger partial charge in [-0.3, -0.25) is 15.2 Å². The van der Waals surface area contributed by atoms with E-state index in [1.807, 2.05) is 47.0 Å². The minimum absolute atomic E-state index is 0.0137. The van der Waals surface area contributed by atoms with Crippen molar-refractivity contribution in [2.24, 2.45) is 5.73 Å². The molecule has 5 N–H and O–H groups in total. The number of carbonyl (C=O) groups excluding carboxylic acids is 1. The Morgan fingerprint density at radius 2 is 1.93 bits per heavy atom. The number of fused-ring (bicyclic) bond motifs is 1. The van der Waals surface area contributed by atoms with E-state index in [1.165, 1.54) is 0 Å². The zero-order valence-corrected chi connectivity index (χ0v) is 16.2. The molecule has 0 aliphatic heterocycles. The molecule has 0 atom stereocenters. The van der Waals surface area contributed by atoms with Crippen molar-refractivity contribution in [3.8, 4) is 5.75 Å². The van der Waals surface area contributed by atoms with Crippen LogP contribution in [0, 0.1) is 5.41 Å². The molecule has 2 aromatic carbocycles. The van der Waals surface area contributed by atoms with Gasteiger partial charge < -0.3 is 20.7 Å². The summed E-state index contributed by atoms with van der Waals surface area (Å²) in [6.45, 7) is 0.688. The van der Waals surface area contributed by atoms with Gasteiger partial charge in [0.1, 0.15) is 17.3 Å². The topological polar surface area (TPSA) is 117 Å². The fraction of sp³-hybridized carbons (Fsp3) is 0.0870. The summed E-state index contributed by atoms with van der Waals surface area (Å²) in [5.74, 6) is -0.165. The van der Waals surface area contributed by atoms with E-state index in [2.05, 4.69) is 10.3 Å². The summed E-state index contributed by atoms with van der Waals surface area (Å²) in [4.78, 5) is 17.2. The van der Waals surface area contributed by atoms with Gasteiger partial charge in [-0.1, -0.05) is 30.3 Å². The van der Waals surface area contributed by atoms with Gasteiger partial charge in [0.2, 0.25) is 0 Å². The molecule has 0 saturated carbocycles. The maximum atomic E-state index is 13.0. The van der Waals surface area contributed by atoms with Crippen LogP contribution in [0.4, 0.5) is 0 Å². The number of rotatable bonds is 6. The Hall–Kier alpha value is -4.13. The number of nitrogen functional groups attached to an aromatic ring is 1. The highest BCUT2D eigenvalue weighted by Crippen LogP contribution is 2.29. The first-order valence-electron chi connectivity index (χ1n) is 9.45. The number of nitrogens with two attached hydrogens (primary N) is 1. The van der Waals surface area contributed by atoms with E-state index < -0.39 is 0 Å². The second kappa shape index (κ2) is 8.08. The minimum atomic E-state index is -0.265. The largest absolute Gasteiger partial charge is 0.507 e. The molecular weight excluding hydrogens is 378 g/mol. The summed E-state index contributed by atoms with van der Waals surface area (Å²) < 4.78 is 1.85. The van der Waals surface area contributed by atoms with Crippen LogP contribution in [-0.4, -0.2) is 26.4 Å². The molecule has 0 aliphatic rings. The molecule has 4 rings (SSSR count). The third-order valence-electron chi connectivity index (χ3n) is 4.89. The molecule has 7 nitrogen and oxygen atoms in total. The second-order valence-electron chi connectivity index (χ2n) is 6.94. The number of amides is 1. The summed E-state index contributed by atoms with van der Waals surface area (Å²) in [5.41, 5.74) is 9.05. The molecule has 0 spiro atoms. The number of aromatic nitrogens is 2. The van der Waals surface area contributed by atoms with E-state index in [9.17, 15) is 9.90 Å². The lowest BCUT2D eigenvalue weighted by atomic mass is 10.1. The Morgan fingerprint density at radius 1 is 1.10 bits per heavy atom. The Bertz CT molecular complexity index is 1230. The number of nitrogens with one attached hydrogen (secondary N) is 2. The molecule has 150 valence electrons. The van der Waals surface area contributed by atoms with E-state index in [0.29, 0.717) is 29.7 Å². The lowest BCUT2D eigenvalue weighted by Crippen LogP contribution is -2.26. The molecule has 0 saturated heterocycles. The maximum Gasteiger partial charge on any atom is 0.268 e. The Labute approximate surface area is 173 Å². The molecule has 0 aliphatic carbocycles. The fourth-order valence-corrected chi connectivity index (χ4v) is 3.41. The summed E-state index contributed by atoms with van der Waals surface area (Å²) in [5, 5.41) is 21.4. The molecule has 4 aromatic rings. The summed E-state index contributed by atoms with van der Waals surface area (Å²) in [6, 6.07) is 19.8. The average Bonchev–Trinajstić information content (AvgIpc) is 3.13. The molecular formula is C23H21N5O2. The van der Waals surface area contributed by atoms with Crippen LogP contribution in [0.15, 0.2) is 72.9 Å². The first kappa shape index (κ1) is 19.2. The van der Waals surface area contributed by atoms with E-state index in [-0.39, 0.29) is 17.5 Å². The van der Waals surface area contributed by atoms with Crippen LogP contribution in [-0.2, 0) is 13.1 Å². The van der Waals surface area contributed by atoms with E-state index in [0.717, 1.165) is 16.8 Å². The monoisotopic (exact) mass is 399 g/mol. The summed E-state index contributed by atoms with van der Waals surface area (Å²) >= 11 is 0. The van der Waals surface area contributed by atoms with Crippen LogP contribution in [0.3, 0.4) is 0 Å². The van der Waals surface area contributed by atoms with Crippen molar-refractivity contribution in [3.05, 3.63) is 95.4 Å². The van der Waals surface area contributed by atoms with Crippen molar-refractivity contribution in [3.63, 3.8) is 0 Å². The number of amidine groups is 1. The molecule has 30 heavy (non-hydrogen) atoms. The highest BCUT2D eigenvalue weighted by atomic mass is 16.3. The second-order valence-corrected chi connectivity index (χ2v) is 6.94. The zero-order chi connectivity index (χ0) is 21.1. The Balaban J connectivity index is 1.70. The molecule has 2 heterocycles. The van der Waals surface area contributed by atoms with Gasteiger partial charge in [0.15, 0.2) is 0 Å². The van der Waals surface area contributed by atoms with Crippen LogP contribution in [0.1, 0.15) is 27.3 Å². The highest BCUT2D eigenvalue weighted by Gasteiger charge is 2.18. The minimum Gasteiger partial charge on any atom is -0.507 e. The van der Waals surface area contributed by atoms with E-state index >= 15 is 0 Å².